The highest BCUT2D eigenvalue weighted by molar-refractivity contribution is 6.06. The third-order valence-electron chi connectivity index (χ3n) is 2.20. The predicted octanol–water partition coefficient (Wildman–Crippen LogP) is -3.68. The van der Waals surface area contributed by atoms with E-state index in [-0.39, 0.29) is 11.8 Å². The number of rotatable bonds is 2. The Labute approximate surface area is 104 Å². The van der Waals surface area contributed by atoms with Gasteiger partial charge in [0.1, 0.15) is 0 Å². The van der Waals surface area contributed by atoms with Gasteiger partial charge in [-0.25, -0.2) is 24.4 Å². The van der Waals surface area contributed by atoms with E-state index in [1.54, 1.807) is 0 Å². The Hall–Kier alpha value is -2.95. The number of aromatic nitrogens is 3. The molecule has 2 rings (SSSR count). The van der Waals surface area contributed by atoms with E-state index in [0.29, 0.717) is 4.68 Å². The maximum Gasteiger partial charge on any atom is 0.353 e. The normalized spacial score (nSPS) is 18.8. The molecular formula is C8H10N8O3. The minimum atomic E-state index is -1.16. The molecule has 2 heterocycles. The first kappa shape index (κ1) is 12.5. The van der Waals surface area contributed by atoms with E-state index in [1.165, 1.54) is 6.08 Å². The lowest BCUT2D eigenvalue weighted by molar-refractivity contribution is 0.526. The number of hydrogen-bond donors (Lipinski definition) is 4. The largest absolute Gasteiger partial charge is 0.368 e. The summed E-state index contributed by atoms with van der Waals surface area (Å²) in [5.74, 6) is -0.0767. The van der Waals surface area contributed by atoms with Gasteiger partial charge in [-0.3, -0.25) is 15.7 Å². The number of guanidine groups is 1. The maximum absolute atomic E-state index is 11.6. The van der Waals surface area contributed by atoms with Crippen LogP contribution < -0.4 is 33.5 Å². The van der Waals surface area contributed by atoms with Crippen molar-refractivity contribution >= 4 is 11.8 Å². The quantitative estimate of drug-likeness (QED) is 0.429. The Bertz CT molecular complexity index is 716. The Morgan fingerprint density at radius 2 is 1.84 bits per heavy atom. The number of nitrogens with one attached hydrogen (secondary N) is 2. The van der Waals surface area contributed by atoms with Crippen molar-refractivity contribution in [1.82, 2.24) is 14.6 Å². The molecule has 1 aromatic heterocycles. The molecule has 0 radical (unpaired) electrons. The second-order valence-corrected chi connectivity index (χ2v) is 3.42. The van der Waals surface area contributed by atoms with E-state index in [0.717, 1.165) is 5.01 Å². The van der Waals surface area contributed by atoms with Gasteiger partial charge in [-0.1, -0.05) is 6.58 Å². The van der Waals surface area contributed by atoms with Crippen LogP contribution in [-0.4, -0.2) is 32.7 Å². The zero-order chi connectivity index (χ0) is 14.2. The summed E-state index contributed by atoms with van der Waals surface area (Å²) >= 11 is 0. The maximum atomic E-state index is 11.6. The zero-order valence-corrected chi connectivity index (χ0v) is 9.53. The van der Waals surface area contributed by atoms with Gasteiger partial charge in [0.2, 0.25) is 5.96 Å². The SMILES string of the molecule is C=CC1=NC(N)N(n2c(=O)[nH]c(=O)[nH]c2=O)C(N)=N1. The molecule has 1 aromatic rings. The average Bonchev–Trinajstić information content (AvgIpc) is 2.31. The van der Waals surface area contributed by atoms with Crippen molar-refractivity contribution in [3.05, 3.63) is 44.1 Å². The number of amidine groups is 1. The molecule has 11 heteroatoms. The van der Waals surface area contributed by atoms with E-state index in [9.17, 15) is 14.4 Å². The molecule has 6 N–H and O–H groups in total. The van der Waals surface area contributed by atoms with E-state index < -0.39 is 23.4 Å². The second-order valence-electron chi connectivity index (χ2n) is 3.42. The van der Waals surface area contributed by atoms with Gasteiger partial charge in [0.25, 0.3) is 0 Å². The summed E-state index contributed by atoms with van der Waals surface area (Å²) in [6.45, 7) is 3.45. The van der Waals surface area contributed by atoms with Crippen molar-refractivity contribution in [2.45, 2.75) is 6.29 Å². The molecule has 0 bridgehead atoms. The van der Waals surface area contributed by atoms with Gasteiger partial charge in [0.15, 0.2) is 12.1 Å². The Morgan fingerprint density at radius 3 is 2.32 bits per heavy atom. The van der Waals surface area contributed by atoms with Gasteiger partial charge >= 0.3 is 17.1 Å². The number of nitrogens with zero attached hydrogens (tertiary/aromatic N) is 4. The van der Waals surface area contributed by atoms with Gasteiger partial charge < -0.3 is 5.73 Å². The summed E-state index contributed by atoms with van der Waals surface area (Å²) in [4.78, 5) is 45.5. The third kappa shape index (κ3) is 2.09. The third-order valence-corrected chi connectivity index (χ3v) is 2.20. The molecule has 1 aliphatic rings. The summed E-state index contributed by atoms with van der Waals surface area (Å²) in [7, 11) is 0. The van der Waals surface area contributed by atoms with Crippen molar-refractivity contribution in [2.24, 2.45) is 21.5 Å². The van der Waals surface area contributed by atoms with Crippen LogP contribution in [0.15, 0.2) is 37.0 Å². The first-order chi connectivity index (χ1) is 8.93. The predicted molar refractivity (Wildman–Crippen MR) is 67.4 cm³/mol. The summed E-state index contributed by atoms with van der Waals surface area (Å²) < 4.78 is 0.494. The van der Waals surface area contributed by atoms with Crippen LogP contribution in [0.4, 0.5) is 0 Å². The van der Waals surface area contributed by atoms with Gasteiger partial charge in [-0.05, 0) is 6.08 Å². The summed E-state index contributed by atoms with van der Waals surface area (Å²) in [6, 6.07) is 0. The molecule has 100 valence electrons. The second kappa shape index (κ2) is 4.38. The molecule has 0 aliphatic carbocycles. The summed E-state index contributed by atoms with van der Waals surface area (Å²) in [5.41, 5.74) is 8.30. The first-order valence-corrected chi connectivity index (χ1v) is 4.99. The van der Waals surface area contributed by atoms with Gasteiger partial charge in [0, 0.05) is 0 Å². The molecule has 0 saturated carbocycles. The molecule has 11 nitrogen and oxygen atoms in total. The van der Waals surface area contributed by atoms with Gasteiger partial charge in [0.05, 0.1) is 0 Å². The van der Waals surface area contributed by atoms with Crippen molar-refractivity contribution in [3.8, 4) is 0 Å². The first-order valence-electron chi connectivity index (χ1n) is 4.99. The van der Waals surface area contributed by atoms with Crippen LogP contribution in [0.2, 0.25) is 0 Å². The number of nitrogens with two attached hydrogens (primary N) is 2. The van der Waals surface area contributed by atoms with E-state index in [1.807, 2.05) is 9.97 Å². The molecule has 1 unspecified atom stereocenters. The Kier molecular flexibility index (Phi) is 2.88. The van der Waals surface area contributed by atoms with E-state index >= 15 is 0 Å². The number of hydrogen-bond acceptors (Lipinski definition) is 8. The summed E-state index contributed by atoms with van der Waals surface area (Å²) in [6.07, 6.45) is 0.152. The lowest BCUT2D eigenvalue weighted by Crippen LogP contribution is -2.65. The van der Waals surface area contributed by atoms with E-state index in [2.05, 4.69) is 16.6 Å². The fourth-order valence-electron chi connectivity index (χ4n) is 1.46. The topological polar surface area (TPSA) is 168 Å². The number of H-pyrrole nitrogens is 2. The van der Waals surface area contributed by atoms with Crippen LogP contribution in [0.25, 0.3) is 0 Å². The molecule has 0 aromatic carbocycles. The van der Waals surface area contributed by atoms with Crippen molar-refractivity contribution in [2.75, 3.05) is 5.01 Å². The minimum absolute atomic E-state index is 0.162. The Morgan fingerprint density at radius 1 is 1.26 bits per heavy atom. The lowest BCUT2D eigenvalue weighted by Gasteiger charge is -2.29. The van der Waals surface area contributed by atoms with Gasteiger partial charge in [-0.15, -0.1) is 4.68 Å². The van der Waals surface area contributed by atoms with Crippen molar-refractivity contribution < 1.29 is 0 Å². The minimum Gasteiger partial charge on any atom is -0.368 e. The number of aliphatic imine (C=N–C) groups is 2. The monoisotopic (exact) mass is 266 g/mol. The molecular weight excluding hydrogens is 256 g/mol. The van der Waals surface area contributed by atoms with Crippen molar-refractivity contribution in [1.29, 1.82) is 0 Å². The smallest absolute Gasteiger partial charge is 0.353 e. The zero-order valence-electron chi connectivity index (χ0n) is 9.53. The Balaban J connectivity index is 2.62. The highest BCUT2D eigenvalue weighted by atomic mass is 16.2. The molecule has 0 amide bonds. The molecule has 0 fully saturated rings. The van der Waals surface area contributed by atoms with Crippen LogP contribution in [-0.2, 0) is 0 Å². The highest BCUT2D eigenvalue weighted by Crippen LogP contribution is 2.00. The molecule has 0 saturated heterocycles. The van der Waals surface area contributed by atoms with Crippen LogP contribution in [0, 0.1) is 0 Å². The van der Waals surface area contributed by atoms with E-state index in [4.69, 9.17) is 11.5 Å². The van der Waals surface area contributed by atoms with Crippen LogP contribution >= 0.6 is 0 Å². The molecule has 1 aliphatic heterocycles. The number of aromatic amines is 2. The standard InChI is InChI=1S/C8H10N8O3/c1-2-3-11-4(9)15(5(10)12-3)16-7(18)13-6(17)14-8(16)19/h2,4H,1,9H2,(H2,10,11,12)(H2,13,14,17,18,19). The average molecular weight is 266 g/mol. The van der Waals surface area contributed by atoms with Gasteiger partial charge in [-0.2, -0.15) is 4.99 Å². The van der Waals surface area contributed by atoms with Crippen molar-refractivity contribution in [3.63, 3.8) is 0 Å². The fraction of sp³-hybridized carbons (Fsp3) is 0.125. The lowest BCUT2D eigenvalue weighted by atomic mass is 10.5. The van der Waals surface area contributed by atoms with Crippen LogP contribution in [0.3, 0.4) is 0 Å². The van der Waals surface area contributed by atoms with Crippen LogP contribution in [0.5, 0.6) is 0 Å². The van der Waals surface area contributed by atoms with Crippen LogP contribution in [0.1, 0.15) is 0 Å². The summed E-state index contributed by atoms with van der Waals surface area (Å²) in [5, 5.41) is 0.837. The molecule has 1 atom stereocenters. The molecule has 19 heavy (non-hydrogen) atoms. The fourth-order valence-corrected chi connectivity index (χ4v) is 1.46. The highest BCUT2D eigenvalue weighted by Gasteiger charge is 2.25. The molecule has 0 spiro atoms.